The van der Waals surface area contributed by atoms with Crippen LogP contribution in [0.4, 0.5) is 13.2 Å². The topological polar surface area (TPSA) is 15.3 Å². The number of alkyl halides is 3. The van der Waals surface area contributed by atoms with Crippen molar-refractivity contribution in [2.45, 2.75) is 31.8 Å². The summed E-state index contributed by atoms with van der Waals surface area (Å²) in [6, 6.07) is 0.570. The van der Waals surface area contributed by atoms with Gasteiger partial charge in [0.15, 0.2) is 0 Å². The Balaban J connectivity index is 2.01. The van der Waals surface area contributed by atoms with Gasteiger partial charge in [-0.3, -0.25) is 0 Å². The van der Waals surface area contributed by atoms with Crippen molar-refractivity contribution in [3.05, 3.63) is 0 Å². The molecule has 0 aromatic carbocycles. The van der Waals surface area contributed by atoms with Crippen molar-refractivity contribution in [1.29, 1.82) is 0 Å². The molecule has 0 saturated carbocycles. The molecule has 0 aliphatic carbocycles. The first kappa shape index (κ1) is 15.1. The van der Waals surface area contributed by atoms with E-state index < -0.39 is 5.51 Å². The lowest BCUT2D eigenvalue weighted by Gasteiger charge is -2.20. The summed E-state index contributed by atoms with van der Waals surface area (Å²) in [6.45, 7) is 7.80. The van der Waals surface area contributed by atoms with Gasteiger partial charge in [0.05, 0.1) is 0 Å². The first-order valence-electron chi connectivity index (χ1n) is 6.04. The van der Waals surface area contributed by atoms with E-state index in [0.717, 1.165) is 26.1 Å². The lowest BCUT2D eigenvalue weighted by Crippen LogP contribution is -2.31. The number of hydrogen-bond donors (Lipinski definition) is 1. The average molecular weight is 270 g/mol. The lowest BCUT2D eigenvalue weighted by molar-refractivity contribution is -0.0327. The van der Waals surface area contributed by atoms with Gasteiger partial charge in [-0.25, -0.2) is 0 Å². The molecule has 1 saturated heterocycles. The monoisotopic (exact) mass is 270 g/mol. The summed E-state index contributed by atoms with van der Waals surface area (Å²) in [7, 11) is 0. The van der Waals surface area contributed by atoms with Crippen LogP contribution in [-0.4, -0.2) is 48.4 Å². The molecule has 0 aromatic rings. The number of halogens is 3. The Morgan fingerprint density at radius 3 is 2.65 bits per heavy atom. The molecule has 17 heavy (non-hydrogen) atoms. The third-order valence-electron chi connectivity index (χ3n) is 3.03. The van der Waals surface area contributed by atoms with E-state index in [-0.39, 0.29) is 17.5 Å². The highest BCUT2D eigenvalue weighted by molar-refractivity contribution is 8.00. The quantitative estimate of drug-likeness (QED) is 0.747. The van der Waals surface area contributed by atoms with Crippen molar-refractivity contribution < 1.29 is 13.2 Å². The fraction of sp³-hybridized carbons (Fsp3) is 1.00. The van der Waals surface area contributed by atoms with E-state index in [9.17, 15) is 13.2 Å². The SMILES string of the molecule is CC(C)N1CCC(CNCCSC(F)(F)F)C1. The van der Waals surface area contributed by atoms with Crippen LogP contribution in [0, 0.1) is 5.92 Å². The summed E-state index contributed by atoms with van der Waals surface area (Å²) >= 11 is 0.0486. The molecule has 6 heteroatoms. The lowest BCUT2D eigenvalue weighted by atomic mass is 10.1. The summed E-state index contributed by atoms with van der Waals surface area (Å²) in [5, 5.41) is 3.11. The first-order valence-corrected chi connectivity index (χ1v) is 7.02. The van der Waals surface area contributed by atoms with Crippen molar-refractivity contribution in [2.75, 3.05) is 31.9 Å². The second kappa shape index (κ2) is 6.85. The Morgan fingerprint density at radius 1 is 1.41 bits per heavy atom. The van der Waals surface area contributed by atoms with Gasteiger partial charge in [-0.05, 0) is 51.0 Å². The Labute approximate surface area is 105 Å². The molecule has 102 valence electrons. The van der Waals surface area contributed by atoms with E-state index in [1.807, 2.05) is 0 Å². The third-order valence-corrected chi connectivity index (χ3v) is 3.76. The van der Waals surface area contributed by atoms with Gasteiger partial charge in [-0.1, -0.05) is 0 Å². The normalized spacial score (nSPS) is 22.6. The zero-order valence-corrected chi connectivity index (χ0v) is 11.2. The second-order valence-electron chi connectivity index (χ2n) is 4.74. The summed E-state index contributed by atoms with van der Waals surface area (Å²) < 4.78 is 35.6. The molecule has 1 aliphatic rings. The molecule has 1 atom stereocenters. The van der Waals surface area contributed by atoms with Crippen LogP contribution < -0.4 is 5.32 Å². The molecule has 1 unspecified atom stereocenters. The predicted molar refractivity (Wildman–Crippen MR) is 66.2 cm³/mol. The maximum atomic E-state index is 11.9. The molecule has 1 aliphatic heterocycles. The van der Waals surface area contributed by atoms with Crippen LogP contribution >= 0.6 is 11.8 Å². The first-order chi connectivity index (χ1) is 7.88. The summed E-state index contributed by atoms with van der Waals surface area (Å²) in [6.07, 6.45) is 1.15. The molecule has 0 bridgehead atoms. The number of thioether (sulfide) groups is 1. The summed E-state index contributed by atoms with van der Waals surface area (Å²) in [5.74, 6) is 0.692. The van der Waals surface area contributed by atoms with Gasteiger partial charge in [0.1, 0.15) is 0 Å². The van der Waals surface area contributed by atoms with Gasteiger partial charge in [-0.2, -0.15) is 13.2 Å². The molecular formula is C11H21F3N2S. The van der Waals surface area contributed by atoms with E-state index in [0.29, 0.717) is 18.5 Å². The highest BCUT2D eigenvalue weighted by Crippen LogP contribution is 2.29. The molecule has 1 N–H and O–H groups in total. The van der Waals surface area contributed by atoms with Crippen molar-refractivity contribution in [2.24, 2.45) is 5.92 Å². The van der Waals surface area contributed by atoms with E-state index in [4.69, 9.17) is 0 Å². The van der Waals surface area contributed by atoms with E-state index in [1.165, 1.54) is 0 Å². The maximum Gasteiger partial charge on any atom is 0.441 e. The van der Waals surface area contributed by atoms with Gasteiger partial charge in [0.2, 0.25) is 0 Å². The van der Waals surface area contributed by atoms with Crippen LogP contribution in [0.15, 0.2) is 0 Å². The van der Waals surface area contributed by atoms with Crippen molar-refractivity contribution in [1.82, 2.24) is 10.2 Å². The summed E-state index contributed by atoms with van der Waals surface area (Å²) in [5.41, 5.74) is -4.09. The Bertz CT molecular complexity index is 221. The molecule has 1 rings (SSSR count). The highest BCUT2D eigenvalue weighted by Gasteiger charge is 2.27. The third kappa shape index (κ3) is 6.52. The molecule has 0 radical (unpaired) electrons. The molecule has 0 amide bonds. The number of nitrogens with one attached hydrogen (secondary N) is 1. The largest absolute Gasteiger partial charge is 0.441 e. The molecule has 1 heterocycles. The summed E-state index contributed by atoms with van der Waals surface area (Å²) in [4.78, 5) is 2.41. The molecule has 1 fully saturated rings. The smallest absolute Gasteiger partial charge is 0.316 e. The van der Waals surface area contributed by atoms with Crippen molar-refractivity contribution in [3.8, 4) is 0 Å². The predicted octanol–water partition coefficient (Wildman–Crippen LogP) is 2.56. The fourth-order valence-corrected chi connectivity index (χ4v) is 2.52. The van der Waals surface area contributed by atoms with Crippen LogP contribution in [-0.2, 0) is 0 Å². The van der Waals surface area contributed by atoms with Gasteiger partial charge in [0.25, 0.3) is 0 Å². The molecule has 2 nitrogen and oxygen atoms in total. The van der Waals surface area contributed by atoms with E-state index in [2.05, 4.69) is 24.1 Å². The number of likely N-dealkylation sites (tertiary alicyclic amines) is 1. The zero-order chi connectivity index (χ0) is 12.9. The number of rotatable bonds is 6. The Kier molecular flexibility index (Phi) is 6.09. The van der Waals surface area contributed by atoms with Crippen LogP contribution in [0.5, 0.6) is 0 Å². The average Bonchev–Trinajstić information content (AvgIpc) is 2.64. The Morgan fingerprint density at radius 2 is 2.12 bits per heavy atom. The number of hydrogen-bond acceptors (Lipinski definition) is 3. The van der Waals surface area contributed by atoms with Gasteiger partial charge >= 0.3 is 5.51 Å². The minimum absolute atomic E-state index is 0.0486. The standard InChI is InChI=1S/C11H21F3N2S/c1-9(2)16-5-3-10(8-16)7-15-4-6-17-11(12,13)14/h9-10,15H,3-8H2,1-2H3. The van der Waals surface area contributed by atoms with Crippen LogP contribution in [0.2, 0.25) is 0 Å². The molecule has 0 aromatic heterocycles. The zero-order valence-electron chi connectivity index (χ0n) is 10.4. The van der Waals surface area contributed by atoms with Crippen LogP contribution in [0.25, 0.3) is 0 Å². The van der Waals surface area contributed by atoms with E-state index in [1.54, 1.807) is 0 Å². The number of nitrogens with zero attached hydrogens (tertiary/aromatic N) is 1. The Hall–Kier alpha value is 0.0600. The molecular weight excluding hydrogens is 249 g/mol. The minimum atomic E-state index is -4.09. The highest BCUT2D eigenvalue weighted by atomic mass is 32.2. The van der Waals surface area contributed by atoms with E-state index >= 15 is 0 Å². The molecule has 0 spiro atoms. The maximum absolute atomic E-state index is 11.9. The van der Waals surface area contributed by atoms with Gasteiger partial charge in [0, 0.05) is 24.9 Å². The second-order valence-corrected chi connectivity index (χ2v) is 5.90. The fourth-order valence-electron chi connectivity index (χ4n) is 2.04. The van der Waals surface area contributed by atoms with Gasteiger partial charge in [-0.15, -0.1) is 0 Å². The van der Waals surface area contributed by atoms with Crippen molar-refractivity contribution in [3.63, 3.8) is 0 Å². The van der Waals surface area contributed by atoms with Crippen LogP contribution in [0.3, 0.4) is 0 Å². The minimum Gasteiger partial charge on any atom is -0.316 e. The van der Waals surface area contributed by atoms with Crippen LogP contribution in [0.1, 0.15) is 20.3 Å². The van der Waals surface area contributed by atoms with Gasteiger partial charge < -0.3 is 10.2 Å². The van der Waals surface area contributed by atoms with Crippen molar-refractivity contribution >= 4 is 11.8 Å².